The smallest absolute Gasteiger partial charge is 0.259 e. The molecule has 0 saturated carbocycles. The van der Waals surface area contributed by atoms with Crippen molar-refractivity contribution in [1.82, 2.24) is 15.7 Å². The first kappa shape index (κ1) is 19.1. The molecule has 0 fully saturated rings. The van der Waals surface area contributed by atoms with E-state index in [9.17, 15) is 9.59 Å². The average molecular weight is 396 g/mol. The molecule has 148 valence electrons. The lowest BCUT2D eigenvalue weighted by atomic mass is 10.1. The van der Waals surface area contributed by atoms with Gasteiger partial charge in [-0.15, -0.1) is 0 Å². The Kier molecular flexibility index (Phi) is 5.66. The van der Waals surface area contributed by atoms with Crippen LogP contribution in [-0.2, 0) is 4.79 Å². The van der Waals surface area contributed by atoms with E-state index in [1.807, 2.05) is 60.7 Å². The highest BCUT2D eigenvalue weighted by Gasteiger charge is 2.11. The van der Waals surface area contributed by atoms with Crippen LogP contribution in [0.4, 0.5) is 0 Å². The fourth-order valence-corrected chi connectivity index (χ4v) is 3.19. The number of para-hydroxylation sites is 1. The lowest BCUT2D eigenvalue weighted by Gasteiger charge is -2.04. The second kappa shape index (κ2) is 8.87. The fraction of sp³-hybridized carbons (Fsp3) is 0.0417. The van der Waals surface area contributed by atoms with Gasteiger partial charge in [0.25, 0.3) is 11.8 Å². The molecule has 0 radical (unpaired) electrons. The van der Waals surface area contributed by atoms with Gasteiger partial charge in [0.05, 0.1) is 18.5 Å². The minimum Gasteiger partial charge on any atom is -0.354 e. The second-order valence-electron chi connectivity index (χ2n) is 6.67. The van der Waals surface area contributed by atoms with Crippen molar-refractivity contribution in [2.45, 2.75) is 0 Å². The SMILES string of the molecule is O=C(CNC(=O)c1ccccc1)NN=Cc1c(-c2ccccc2)[nH]c2ccccc12. The topological polar surface area (TPSA) is 86.3 Å². The largest absolute Gasteiger partial charge is 0.354 e. The summed E-state index contributed by atoms with van der Waals surface area (Å²) >= 11 is 0. The Balaban J connectivity index is 1.46. The van der Waals surface area contributed by atoms with Gasteiger partial charge in [-0.2, -0.15) is 5.10 Å². The molecule has 1 heterocycles. The van der Waals surface area contributed by atoms with Gasteiger partial charge in [0.15, 0.2) is 0 Å². The van der Waals surface area contributed by atoms with Crippen LogP contribution >= 0.6 is 0 Å². The lowest BCUT2D eigenvalue weighted by molar-refractivity contribution is -0.120. The van der Waals surface area contributed by atoms with Gasteiger partial charge in [0.2, 0.25) is 0 Å². The summed E-state index contributed by atoms with van der Waals surface area (Å²) < 4.78 is 0. The van der Waals surface area contributed by atoms with Gasteiger partial charge in [-0.05, 0) is 23.8 Å². The van der Waals surface area contributed by atoms with Crippen LogP contribution in [0.1, 0.15) is 15.9 Å². The number of H-pyrrole nitrogens is 1. The fourth-order valence-electron chi connectivity index (χ4n) is 3.19. The van der Waals surface area contributed by atoms with E-state index in [0.29, 0.717) is 5.56 Å². The standard InChI is InChI=1S/C24H20N4O2/c29-22(16-25-24(30)18-11-5-2-6-12-18)28-26-15-20-19-13-7-8-14-21(19)27-23(20)17-9-3-1-4-10-17/h1-15,27H,16H2,(H,25,30)(H,28,29). The molecule has 0 aliphatic heterocycles. The van der Waals surface area contributed by atoms with Gasteiger partial charge < -0.3 is 10.3 Å². The number of benzene rings is 3. The van der Waals surface area contributed by atoms with Gasteiger partial charge in [-0.25, -0.2) is 5.43 Å². The molecule has 6 nitrogen and oxygen atoms in total. The second-order valence-corrected chi connectivity index (χ2v) is 6.67. The predicted octanol–water partition coefficient (Wildman–Crippen LogP) is 3.72. The molecule has 0 saturated heterocycles. The Morgan fingerprint density at radius 2 is 1.53 bits per heavy atom. The highest BCUT2D eigenvalue weighted by atomic mass is 16.2. The summed E-state index contributed by atoms with van der Waals surface area (Å²) in [5.41, 5.74) is 6.79. The molecule has 2 amide bonds. The number of hydrazone groups is 1. The number of fused-ring (bicyclic) bond motifs is 1. The monoisotopic (exact) mass is 396 g/mol. The first-order chi connectivity index (χ1) is 14.7. The van der Waals surface area contributed by atoms with Crippen LogP contribution in [0.5, 0.6) is 0 Å². The third kappa shape index (κ3) is 4.28. The summed E-state index contributed by atoms with van der Waals surface area (Å²) in [6, 6.07) is 26.6. The quantitative estimate of drug-likeness (QED) is 0.343. The molecule has 0 unspecified atom stereocenters. The first-order valence-electron chi connectivity index (χ1n) is 9.53. The van der Waals surface area contributed by atoms with Crippen LogP contribution in [-0.4, -0.2) is 29.6 Å². The molecule has 1 aromatic heterocycles. The zero-order valence-corrected chi connectivity index (χ0v) is 16.1. The van der Waals surface area contributed by atoms with Crippen molar-refractivity contribution >= 4 is 28.9 Å². The predicted molar refractivity (Wildman–Crippen MR) is 118 cm³/mol. The van der Waals surface area contributed by atoms with Crippen LogP contribution in [0.2, 0.25) is 0 Å². The zero-order chi connectivity index (χ0) is 20.8. The Labute approximate surface area is 173 Å². The van der Waals surface area contributed by atoms with Crippen molar-refractivity contribution in [3.8, 4) is 11.3 Å². The summed E-state index contributed by atoms with van der Waals surface area (Å²) in [5, 5.41) is 7.69. The number of hydrogen-bond donors (Lipinski definition) is 3. The van der Waals surface area contributed by atoms with Crippen LogP contribution in [0.15, 0.2) is 90.0 Å². The average Bonchev–Trinajstić information content (AvgIpc) is 3.17. The maximum absolute atomic E-state index is 12.1. The maximum Gasteiger partial charge on any atom is 0.259 e. The van der Waals surface area contributed by atoms with Gasteiger partial charge in [0, 0.05) is 22.0 Å². The minimum absolute atomic E-state index is 0.162. The van der Waals surface area contributed by atoms with Crippen molar-refractivity contribution in [3.05, 3.63) is 96.1 Å². The normalized spacial score (nSPS) is 10.9. The summed E-state index contributed by atoms with van der Waals surface area (Å²) in [7, 11) is 0. The Morgan fingerprint density at radius 1 is 0.867 bits per heavy atom. The molecule has 3 N–H and O–H groups in total. The van der Waals surface area contributed by atoms with Gasteiger partial charge in [-0.1, -0.05) is 66.7 Å². The zero-order valence-electron chi connectivity index (χ0n) is 16.1. The molecule has 0 aliphatic rings. The molecule has 0 aliphatic carbocycles. The van der Waals surface area contributed by atoms with Crippen LogP contribution in [0, 0.1) is 0 Å². The lowest BCUT2D eigenvalue weighted by Crippen LogP contribution is -2.34. The molecule has 0 bridgehead atoms. The van der Waals surface area contributed by atoms with Crippen molar-refractivity contribution in [1.29, 1.82) is 0 Å². The number of carbonyl (C=O) groups excluding carboxylic acids is 2. The van der Waals surface area contributed by atoms with Crippen LogP contribution < -0.4 is 10.7 Å². The maximum atomic E-state index is 12.1. The Morgan fingerprint density at radius 3 is 2.30 bits per heavy atom. The van der Waals surface area contributed by atoms with Crippen molar-refractivity contribution in [2.75, 3.05) is 6.54 Å². The van der Waals surface area contributed by atoms with E-state index in [0.717, 1.165) is 27.7 Å². The third-order valence-corrected chi connectivity index (χ3v) is 4.64. The highest BCUT2D eigenvalue weighted by Crippen LogP contribution is 2.28. The van der Waals surface area contributed by atoms with Crippen LogP contribution in [0.3, 0.4) is 0 Å². The molecule has 3 aromatic carbocycles. The van der Waals surface area contributed by atoms with Gasteiger partial charge in [-0.3, -0.25) is 9.59 Å². The van der Waals surface area contributed by atoms with Crippen molar-refractivity contribution < 1.29 is 9.59 Å². The molecule has 0 spiro atoms. The van der Waals surface area contributed by atoms with Gasteiger partial charge >= 0.3 is 0 Å². The number of rotatable bonds is 6. The number of carbonyl (C=O) groups is 2. The Bertz CT molecular complexity index is 1200. The molecule has 6 heteroatoms. The number of nitrogens with one attached hydrogen (secondary N) is 3. The molecule has 30 heavy (non-hydrogen) atoms. The molecule has 0 atom stereocenters. The number of aromatic amines is 1. The van der Waals surface area contributed by atoms with Crippen LogP contribution in [0.25, 0.3) is 22.2 Å². The van der Waals surface area contributed by atoms with E-state index in [1.54, 1.807) is 30.5 Å². The van der Waals surface area contributed by atoms with Gasteiger partial charge in [0.1, 0.15) is 0 Å². The van der Waals surface area contributed by atoms with E-state index < -0.39 is 5.91 Å². The molecular formula is C24H20N4O2. The van der Waals surface area contributed by atoms with E-state index in [2.05, 4.69) is 20.8 Å². The number of amides is 2. The molecule has 4 aromatic rings. The van der Waals surface area contributed by atoms with E-state index >= 15 is 0 Å². The van der Waals surface area contributed by atoms with E-state index in [1.165, 1.54) is 0 Å². The summed E-state index contributed by atoms with van der Waals surface area (Å²) in [4.78, 5) is 27.5. The summed E-state index contributed by atoms with van der Waals surface area (Å²) in [6.07, 6.45) is 1.62. The number of nitrogens with zero attached hydrogens (tertiary/aromatic N) is 1. The van der Waals surface area contributed by atoms with E-state index in [-0.39, 0.29) is 12.5 Å². The summed E-state index contributed by atoms with van der Waals surface area (Å²) in [5.74, 6) is -0.714. The van der Waals surface area contributed by atoms with Crippen molar-refractivity contribution in [2.24, 2.45) is 5.10 Å². The first-order valence-corrected chi connectivity index (χ1v) is 9.53. The van der Waals surface area contributed by atoms with Crippen molar-refractivity contribution in [3.63, 3.8) is 0 Å². The van der Waals surface area contributed by atoms with E-state index in [4.69, 9.17) is 0 Å². The summed E-state index contributed by atoms with van der Waals surface area (Å²) in [6.45, 7) is -0.162. The number of hydrogen-bond acceptors (Lipinski definition) is 3. The number of aromatic nitrogens is 1. The molecular weight excluding hydrogens is 376 g/mol. The molecule has 4 rings (SSSR count). The highest BCUT2D eigenvalue weighted by molar-refractivity contribution is 6.06. The third-order valence-electron chi connectivity index (χ3n) is 4.64. The Hall–Kier alpha value is -4.19. The minimum atomic E-state index is -0.406.